The molecule has 0 unspecified atom stereocenters. The van der Waals surface area contributed by atoms with Gasteiger partial charge in [0.05, 0.1) is 0 Å². The standard InChI is InChI=1S/C12H11ClN4OS/c13-9-4-1-3-8(7-9)10(18)14-11-15-16-12-17(11)5-2-6-19-12/h1,3-4,7H,2,5-6H2,(H,14,15,18). The van der Waals surface area contributed by atoms with E-state index in [1.807, 2.05) is 4.57 Å². The maximum atomic E-state index is 12.1. The summed E-state index contributed by atoms with van der Waals surface area (Å²) in [4.78, 5) is 12.1. The zero-order valence-corrected chi connectivity index (χ0v) is 11.5. The summed E-state index contributed by atoms with van der Waals surface area (Å²) in [6.45, 7) is 0.834. The van der Waals surface area contributed by atoms with E-state index in [0.29, 0.717) is 16.5 Å². The van der Waals surface area contributed by atoms with Crippen molar-refractivity contribution in [2.24, 2.45) is 0 Å². The van der Waals surface area contributed by atoms with E-state index in [4.69, 9.17) is 11.6 Å². The molecule has 1 aliphatic rings. The first-order valence-corrected chi connectivity index (χ1v) is 7.23. The minimum Gasteiger partial charge on any atom is -0.290 e. The van der Waals surface area contributed by atoms with Gasteiger partial charge in [-0.15, -0.1) is 10.2 Å². The van der Waals surface area contributed by atoms with Crippen molar-refractivity contribution in [1.82, 2.24) is 14.8 Å². The van der Waals surface area contributed by atoms with Crippen LogP contribution >= 0.6 is 23.4 Å². The number of nitrogens with zero attached hydrogens (tertiary/aromatic N) is 3. The monoisotopic (exact) mass is 294 g/mol. The average Bonchev–Trinajstić information content (AvgIpc) is 2.82. The number of amides is 1. The first kappa shape index (κ1) is 12.5. The van der Waals surface area contributed by atoms with E-state index in [2.05, 4.69) is 15.5 Å². The van der Waals surface area contributed by atoms with Gasteiger partial charge < -0.3 is 0 Å². The van der Waals surface area contributed by atoms with Crippen LogP contribution in [0.25, 0.3) is 0 Å². The van der Waals surface area contributed by atoms with Gasteiger partial charge in [-0.2, -0.15) is 0 Å². The van der Waals surface area contributed by atoms with Crippen molar-refractivity contribution in [3.63, 3.8) is 0 Å². The number of fused-ring (bicyclic) bond motifs is 1. The Morgan fingerprint density at radius 1 is 1.42 bits per heavy atom. The van der Waals surface area contributed by atoms with E-state index in [1.165, 1.54) is 0 Å². The van der Waals surface area contributed by atoms with Crippen LogP contribution in [0, 0.1) is 0 Å². The molecule has 7 heteroatoms. The molecule has 0 saturated heterocycles. The maximum absolute atomic E-state index is 12.1. The molecule has 0 saturated carbocycles. The molecular formula is C12H11ClN4OS. The van der Waals surface area contributed by atoms with Gasteiger partial charge in [-0.25, -0.2) is 0 Å². The Morgan fingerprint density at radius 3 is 3.16 bits per heavy atom. The van der Waals surface area contributed by atoms with Gasteiger partial charge in [-0.05, 0) is 24.6 Å². The maximum Gasteiger partial charge on any atom is 0.258 e. The number of thioether (sulfide) groups is 1. The Balaban J connectivity index is 1.82. The molecule has 2 heterocycles. The van der Waals surface area contributed by atoms with Gasteiger partial charge in [0.25, 0.3) is 5.91 Å². The molecule has 0 atom stereocenters. The Morgan fingerprint density at radius 2 is 2.32 bits per heavy atom. The van der Waals surface area contributed by atoms with Gasteiger partial charge in [0, 0.05) is 22.9 Å². The number of nitrogens with one attached hydrogen (secondary N) is 1. The number of carbonyl (C=O) groups is 1. The van der Waals surface area contributed by atoms with Crippen LogP contribution in [0.1, 0.15) is 16.8 Å². The van der Waals surface area contributed by atoms with Gasteiger partial charge in [0.2, 0.25) is 5.95 Å². The molecule has 1 aromatic carbocycles. The largest absolute Gasteiger partial charge is 0.290 e. The summed E-state index contributed by atoms with van der Waals surface area (Å²) in [5.41, 5.74) is 0.508. The molecule has 1 N–H and O–H groups in total. The van der Waals surface area contributed by atoms with Crippen LogP contribution in [0.3, 0.4) is 0 Å². The van der Waals surface area contributed by atoms with E-state index in [-0.39, 0.29) is 5.91 Å². The molecule has 98 valence electrons. The van der Waals surface area contributed by atoms with Crippen molar-refractivity contribution in [1.29, 1.82) is 0 Å². The summed E-state index contributed by atoms with van der Waals surface area (Å²) < 4.78 is 1.93. The Bertz CT molecular complexity index is 628. The highest BCUT2D eigenvalue weighted by atomic mass is 35.5. The molecule has 1 aliphatic heterocycles. The minimum absolute atomic E-state index is 0.228. The summed E-state index contributed by atoms with van der Waals surface area (Å²) in [5, 5.41) is 12.2. The number of hydrogen-bond donors (Lipinski definition) is 1. The molecule has 1 aromatic heterocycles. The fourth-order valence-corrected chi connectivity index (χ4v) is 2.96. The number of hydrogen-bond acceptors (Lipinski definition) is 4. The second-order valence-corrected chi connectivity index (χ2v) is 5.62. The quantitative estimate of drug-likeness (QED) is 0.925. The summed E-state index contributed by atoms with van der Waals surface area (Å²) >= 11 is 7.52. The van der Waals surface area contributed by atoms with Gasteiger partial charge in [0.15, 0.2) is 5.16 Å². The molecule has 5 nitrogen and oxygen atoms in total. The molecule has 0 fully saturated rings. The molecule has 3 rings (SSSR count). The van der Waals surface area contributed by atoms with Gasteiger partial charge in [0.1, 0.15) is 0 Å². The van der Waals surface area contributed by atoms with E-state index in [9.17, 15) is 4.79 Å². The van der Waals surface area contributed by atoms with Crippen molar-refractivity contribution >= 4 is 35.2 Å². The third kappa shape index (κ3) is 2.59. The van der Waals surface area contributed by atoms with E-state index >= 15 is 0 Å². The molecule has 0 aliphatic carbocycles. The summed E-state index contributed by atoms with van der Waals surface area (Å²) in [6, 6.07) is 6.81. The third-order valence-electron chi connectivity index (χ3n) is 2.79. The van der Waals surface area contributed by atoms with Gasteiger partial charge in [-0.1, -0.05) is 29.4 Å². The lowest BCUT2D eigenvalue weighted by Crippen LogP contribution is -2.17. The molecular weight excluding hydrogens is 284 g/mol. The van der Waals surface area contributed by atoms with Crippen molar-refractivity contribution in [3.8, 4) is 0 Å². The van der Waals surface area contributed by atoms with Crippen LogP contribution in [0.2, 0.25) is 5.02 Å². The Kier molecular flexibility index (Phi) is 3.44. The fourth-order valence-electron chi connectivity index (χ4n) is 1.88. The number of anilines is 1. The third-order valence-corrected chi connectivity index (χ3v) is 4.07. The van der Waals surface area contributed by atoms with E-state index in [1.54, 1.807) is 36.0 Å². The van der Waals surface area contributed by atoms with Gasteiger partial charge >= 0.3 is 0 Å². The molecule has 1 amide bonds. The summed E-state index contributed by atoms with van der Waals surface area (Å²) in [6.07, 6.45) is 1.05. The zero-order valence-electron chi connectivity index (χ0n) is 9.97. The van der Waals surface area contributed by atoms with Crippen LogP contribution < -0.4 is 5.32 Å². The lowest BCUT2D eigenvalue weighted by molar-refractivity contribution is 0.102. The number of rotatable bonds is 2. The summed E-state index contributed by atoms with van der Waals surface area (Å²) in [5.74, 6) is 1.31. The topological polar surface area (TPSA) is 59.8 Å². The van der Waals surface area contributed by atoms with Crippen molar-refractivity contribution in [2.45, 2.75) is 18.1 Å². The van der Waals surface area contributed by atoms with Crippen LogP contribution in [0.5, 0.6) is 0 Å². The summed E-state index contributed by atoms with van der Waals surface area (Å²) in [7, 11) is 0. The highest BCUT2D eigenvalue weighted by Crippen LogP contribution is 2.25. The molecule has 2 aromatic rings. The van der Waals surface area contributed by atoms with Crippen LogP contribution in [-0.4, -0.2) is 26.4 Å². The second kappa shape index (κ2) is 5.22. The second-order valence-electron chi connectivity index (χ2n) is 4.12. The first-order chi connectivity index (χ1) is 9.24. The molecule has 0 spiro atoms. The minimum atomic E-state index is -0.228. The van der Waals surface area contributed by atoms with Crippen molar-refractivity contribution in [3.05, 3.63) is 34.9 Å². The normalized spacial score (nSPS) is 13.9. The molecule has 19 heavy (non-hydrogen) atoms. The van der Waals surface area contributed by atoms with Crippen LogP contribution in [0.15, 0.2) is 29.4 Å². The predicted octanol–water partition coefficient (Wildman–Crippen LogP) is 2.68. The average molecular weight is 295 g/mol. The van der Waals surface area contributed by atoms with Crippen molar-refractivity contribution < 1.29 is 4.79 Å². The highest BCUT2D eigenvalue weighted by Gasteiger charge is 2.18. The number of aromatic nitrogens is 3. The van der Waals surface area contributed by atoms with Crippen LogP contribution in [0.4, 0.5) is 5.95 Å². The Labute approximate surface area is 119 Å². The lowest BCUT2D eigenvalue weighted by Gasteiger charge is -2.14. The predicted molar refractivity (Wildman–Crippen MR) is 74.8 cm³/mol. The van der Waals surface area contributed by atoms with E-state index in [0.717, 1.165) is 23.9 Å². The number of carbonyl (C=O) groups excluding carboxylic acids is 1. The smallest absolute Gasteiger partial charge is 0.258 e. The zero-order chi connectivity index (χ0) is 13.2. The van der Waals surface area contributed by atoms with E-state index < -0.39 is 0 Å². The SMILES string of the molecule is O=C(Nc1nnc2n1CCCS2)c1cccc(Cl)c1. The number of benzene rings is 1. The molecule has 0 radical (unpaired) electrons. The number of halogens is 1. The Hall–Kier alpha value is -1.53. The van der Waals surface area contributed by atoms with Crippen molar-refractivity contribution in [2.75, 3.05) is 11.1 Å². The highest BCUT2D eigenvalue weighted by molar-refractivity contribution is 7.99. The molecule has 0 bridgehead atoms. The van der Waals surface area contributed by atoms with Gasteiger partial charge in [-0.3, -0.25) is 14.7 Å². The fraction of sp³-hybridized carbons (Fsp3) is 0.250. The first-order valence-electron chi connectivity index (χ1n) is 5.87. The van der Waals surface area contributed by atoms with Crippen LogP contribution in [-0.2, 0) is 6.54 Å². The lowest BCUT2D eigenvalue weighted by atomic mass is 10.2.